The van der Waals surface area contributed by atoms with Gasteiger partial charge in [0.2, 0.25) is 0 Å². The van der Waals surface area contributed by atoms with Gasteiger partial charge in [0, 0.05) is 24.1 Å². The second-order valence-electron chi connectivity index (χ2n) is 5.88. The molecule has 0 aromatic heterocycles. The Kier molecular flexibility index (Phi) is 8.24. The highest BCUT2D eigenvalue weighted by atomic mass is 35.5. The predicted molar refractivity (Wildman–Crippen MR) is 108 cm³/mol. The van der Waals surface area contributed by atoms with Gasteiger partial charge in [0.15, 0.2) is 0 Å². The number of nitrogens with one attached hydrogen (secondary N) is 2. The van der Waals surface area contributed by atoms with Gasteiger partial charge in [0.1, 0.15) is 5.70 Å². The highest BCUT2D eigenvalue weighted by molar-refractivity contribution is 6.30. The van der Waals surface area contributed by atoms with Crippen molar-refractivity contribution in [1.82, 2.24) is 10.6 Å². The first-order valence-corrected chi connectivity index (χ1v) is 9.09. The van der Waals surface area contributed by atoms with Crippen LogP contribution >= 0.6 is 11.6 Å². The Morgan fingerprint density at radius 3 is 2.36 bits per heavy atom. The van der Waals surface area contributed by atoms with Gasteiger partial charge in [-0.05, 0) is 42.3 Å². The van der Waals surface area contributed by atoms with E-state index in [-0.39, 0.29) is 18.3 Å². The molecule has 0 aliphatic heterocycles. The summed E-state index contributed by atoms with van der Waals surface area (Å²) in [6.45, 7) is 1.83. The van der Waals surface area contributed by atoms with Crippen molar-refractivity contribution >= 4 is 35.5 Å². The molecule has 2 aromatic rings. The molecule has 2 amide bonds. The highest BCUT2D eigenvalue weighted by Gasteiger charge is 2.14. The second-order valence-corrected chi connectivity index (χ2v) is 6.32. The fourth-order valence-electron chi connectivity index (χ4n) is 2.25. The molecule has 0 fully saturated rings. The zero-order chi connectivity index (χ0) is 20.4. The van der Waals surface area contributed by atoms with Gasteiger partial charge in [-0.15, -0.1) is 0 Å². The number of amides is 2. The molecule has 28 heavy (non-hydrogen) atoms. The lowest BCUT2D eigenvalue weighted by Crippen LogP contribution is -2.35. The molecule has 7 heteroatoms. The highest BCUT2D eigenvalue weighted by Crippen LogP contribution is 2.12. The molecule has 2 aromatic carbocycles. The Labute approximate surface area is 168 Å². The van der Waals surface area contributed by atoms with E-state index >= 15 is 0 Å². The molecule has 0 saturated carbocycles. The van der Waals surface area contributed by atoms with Crippen LogP contribution in [0.1, 0.15) is 29.3 Å². The summed E-state index contributed by atoms with van der Waals surface area (Å²) in [4.78, 5) is 35.8. The molecule has 146 valence electrons. The Balaban J connectivity index is 2.09. The van der Waals surface area contributed by atoms with Crippen LogP contribution in [0.4, 0.5) is 0 Å². The van der Waals surface area contributed by atoms with Gasteiger partial charge in [-0.1, -0.05) is 41.9 Å². The SMILES string of the molecule is CC(=O)OCCCNC(=O)C(=Cc1ccc(Cl)cc1)NC(=O)c1ccccc1. The lowest BCUT2D eigenvalue weighted by atomic mass is 10.1. The molecular weight excluding hydrogens is 380 g/mol. The van der Waals surface area contributed by atoms with E-state index in [9.17, 15) is 14.4 Å². The number of benzene rings is 2. The zero-order valence-corrected chi connectivity index (χ0v) is 16.2. The lowest BCUT2D eigenvalue weighted by Gasteiger charge is -2.11. The summed E-state index contributed by atoms with van der Waals surface area (Å²) in [5.41, 5.74) is 1.25. The fourth-order valence-corrected chi connectivity index (χ4v) is 2.38. The van der Waals surface area contributed by atoms with Crippen LogP contribution in [0.3, 0.4) is 0 Å². The number of hydrogen-bond donors (Lipinski definition) is 2. The second kappa shape index (κ2) is 10.9. The maximum absolute atomic E-state index is 12.6. The summed E-state index contributed by atoms with van der Waals surface area (Å²) in [7, 11) is 0. The Morgan fingerprint density at radius 1 is 1.04 bits per heavy atom. The van der Waals surface area contributed by atoms with Gasteiger partial charge in [-0.3, -0.25) is 14.4 Å². The monoisotopic (exact) mass is 400 g/mol. The van der Waals surface area contributed by atoms with E-state index in [0.717, 1.165) is 0 Å². The van der Waals surface area contributed by atoms with Gasteiger partial charge in [-0.25, -0.2) is 0 Å². The van der Waals surface area contributed by atoms with E-state index in [2.05, 4.69) is 10.6 Å². The third-order valence-corrected chi connectivity index (χ3v) is 3.87. The Hall–Kier alpha value is -3.12. The maximum Gasteiger partial charge on any atom is 0.302 e. The van der Waals surface area contributed by atoms with E-state index in [4.69, 9.17) is 16.3 Å². The van der Waals surface area contributed by atoms with E-state index in [1.54, 1.807) is 60.7 Å². The van der Waals surface area contributed by atoms with Crippen molar-refractivity contribution in [3.05, 3.63) is 76.4 Å². The topological polar surface area (TPSA) is 84.5 Å². The molecule has 0 aliphatic rings. The van der Waals surface area contributed by atoms with E-state index in [1.165, 1.54) is 6.92 Å². The van der Waals surface area contributed by atoms with Crippen molar-refractivity contribution in [2.24, 2.45) is 0 Å². The molecule has 0 atom stereocenters. The van der Waals surface area contributed by atoms with E-state index in [1.807, 2.05) is 0 Å². The van der Waals surface area contributed by atoms with E-state index in [0.29, 0.717) is 29.1 Å². The minimum Gasteiger partial charge on any atom is -0.466 e. The fraction of sp³-hybridized carbons (Fsp3) is 0.190. The normalized spacial score (nSPS) is 10.9. The summed E-state index contributed by atoms with van der Waals surface area (Å²) in [5, 5.41) is 5.92. The first-order chi connectivity index (χ1) is 13.5. The Morgan fingerprint density at radius 2 is 1.71 bits per heavy atom. The van der Waals surface area contributed by atoms with Crippen molar-refractivity contribution in [2.45, 2.75) is 13.3 Å². The third-order valence-electron chi connectivity index (χ3n) is 3.62. The van der Waals surface area contributed by atoms with Gasteiger partial charge < -0.3 is 15.4 Å². The summed E-state index contributed by atoms with van der Waals surface area (Å²) < 4.78 is 4.83. The molecular formula is C21H21ClN2O4. The molecule has 0 bridgehead atoms. The van der Waals surface area contributed by atoms with Gasteiger partial charge in [0.05, 0.1) is 6.61 Å². The summed E-state index contributed by atoms with van der Waals surface area (Å²) in [5.74, 6) is -1.21. The number of rotatable bonds is 8. The lowest BCUT2D eigenvalue weighted by molar-refractivity contribution is -0.140. The van der Waals surface area contributed by atoms with Crippen molar-refractivity contribution in [3.63, 3.8) is 0 Å². The molecule has 6 nitrogen and oxygen atoms in total. The number of esters is 1. The van der Waals surface area contributed by atoms with E-state index < -0.39 is 11.8 Å². The minimum atomic E-state index is -0.443. The van der Waals surface area contributed by atoms with Crippen LogP contribution in [-0.4, -0.2) is 30.9 Å². The van der Waals surface area contributed by atoms with Crippen molar-refractivity contribution in [3.8, 4) is 0 Å². The molecule has 0 spiro atoms. The van der Waals surface area contributed by atoms with Gasteiger partial charge in [0.25, 0.3) is 11.8 Å². The average Bonchev–Trinajstić information content (AvgIpc) is 2.69. The molecule has 0 radical (unpaired) electrons. The first kappa shape index (κ1) is 21.2. The smallest absolute Gasteiger partial charge is 0.302 e. The molecule has 0 unspecified atom stereocenters. The first-order valence-electron chi connectivity index (χ1n) is 8.71. The largest absolute Gasteiger partial charge is 0.466 e. The molecule has 0 heterocycles. The quantitative estimate of drug-likeness (QED) is 0.405. The number of carbonyl (C=O) groups is 3. The molecule has 0 saturated heterocycles. The summed E-state index contributed by atoms with van der Waals surface area (Å²) in [6.07, 6.45) is 2.03. The number of halogens is 1. The third kappa shape index (κ3) is 7.25. The van der Waals surface area contributed by atoms with Gasteiger partial charge >= 0.3 is 5.97 Å². The van der Waals surface area contributed by atoms with Crippen LogP contribution in [0.5, 0.6) is 0 Å². The average molecular weight is 401 g/mol. The van der Waals surface area contributed by atoms with Crippen molar-refractivity contribution < 1.29 is 19.1 Å². The number of carbonyl (C=O) groups excluding carboxylic acids is 3. The minimum absolute atomic E-state index is 0.101. The number of ether oxygens (including phenoxy) is 1. The standard InChI is InChI=1S/C21H21ClN2O4/c1-15(25)28-13-5-12-23-21(27)19(14-16-8-10-18(22)11-9-16)24-20(26)17-6-3-2-4-7-17/h2-4,6-11,14H,5,12-13H2,1H3,(H,23,27)(H,24,26). The zero-order valence-electron chi connectivity index (χ0n) is 15.4. The molecule has 2 rings (SSSR count). The van der Waals surface area contributed by atoms with Crippen molar-refractivity contribution in [2.75, 3.05) is 13.2 Å². The molecule has 2 N–H and O–H groups in total. The maximum atomic E-state index is 12.6. The van der Waals surface area contributed by atoms with Crippen LogP contribution in [0.15, 0.2) is 60.3 Å². The van der Waals surface area contributed by atoms with Crippen LogP contribution in [0.2, 0.25) is 5.02 Å². The van der Waals surface area contributed by atoms with Gasteiger partial charge in [-0.2, -0.15) is 0 Å². The predicted octanol–water partition coefficient (Wildman–Crippen LogP) is 3.18. The Bertz CT molecular complexity index is 848. The molecule has 0 aliphatic carbocycles. The van der Waals surface area contributed by atoms with Crippen LogP contribution < -0.4 is 10.6 Å². The summed E-state index contributed by atoms with van der Waals surface area (Å²) >= 11 is 5.89. The number of hydrogen-bond acceptors (Lipinski definition) is 4. The van der Waals surface area contributed by atoms with Crippen molar-refractivity contribution in [1.29, 1.82) is 0 Å². The summed E-state index contributed by atoms with van der Waals surface area (Å²) in [6, 6.07) is 15.5. The van der Waals surface area contributed by atoms with Crippen LogP contribution in [0.25, 0.3) is 6.08 Å². The van der Waals surface area contributed by atoms with Crippen LogP contribution in [-0.2, 0) is 14.3 Å². The van der Waals surface area contributed by atoms with Crippen LogP contribution in [0, 0.1) is 0 Å².